The molecule has 0 spiro atoms. The smallest absolute Gasteiger partial charge is 0.288 e. The van der Waals surface area contributed by atoms with Crippen molar-refractivity contribution in [1.29, 1.82) is 0 Å². The molecule has 0 aliphatic rings. The molecule has 8 heteroatoms. The van der Waals surface area contributed by atoms with Crippen LogP contribution in [-0.2, 0) is 0 Å². The van der Waals surface area contributed by atoms with Crippen molar-refractivity contribution in [2.24, 2.45) is 0 Å². The number of ether oxygens (including phenoxy) is 1. The van der Waals surface area contributed by atoms with Gasteiger partial charge in [-0.25, -0.2) is 0 Å². The van der Waals surface area contributed by atoms with Crippen molar-refractivity contribution in [3.8, 4) is 11.4 Å². The van der Waals surface area contributed by atoms with Crippen LogP contribution < -0.4 is 15.6 Å². The van der Waals surface area contributed by atoms with E-state index in [1.807, 2.05) is 37.3 Å². The first-order valence-corrected chi connectivity index (χ1v) is 8.70. The quantitative estimate of drug-likeness (QED) is 0.468. The van der Waals surface area contributed by atoms with Gasteiger partial charge in [-0.15, -0.1) is 0 Å². The molecular weight excluding hydrogens is 364 g/mol. The van der Waals surface area contributed by atoms with Crippen molar-refractivity contribution >= 4 is 24.0 Å². The number of aromatic amines is 1. The summed E-state index contributed by atoms with van der Waals surface area (Å²) in [4.78, 5) is 27.5. The maximum Gasteiger partial charge on any atom is 0.288 e. The number of benzene rings is 2. The largest absolute Gasteiger partial charge is 0.494 e. The van der Waals surface area contributed by atoms with E-state index in [0.29, 0.717) is 22.7 Å². The molecule has 0 aliphatic heterocycles. The van der Waals surface area contributed by atoms with Crippen LogP contribution in [-0.4, -0.2) is 28.0 Å². The van der Waals surface area contributed by atoms with Crippen molar-refractivity contribution in [1.82, 2.24) is 20.4 Å². The molecule has 0 atom stereocenters. The Hall–Kier alpha value is -3.39. The van der Waals surface area contributed by atoms with E-state index >= 15 is 0 Å². The summed E-state index contributed by atoms with van der Waals surface area (Å²) in [6.07, 6.45) is 1.49. The Balaban J connectivity index is 1.70. The SMILES string of the molecule is CCOc1ccc(C(=O)NNC(=O)c2c[nH]c(=S)n2-c2ccccc2)cc1. The van der Waals surface area contributed by atoms with Crippen LogP contribution in [0.5, 0.6) is 5.75 Å². The number of rotatable bonds is 5. The maximum absolute atomic E-state index is 12.5. The highest BCUT2D eigenvalue weighted by Gasteiger charge is 2.15. The number of hydrogen-bond donors (Lipinski definition) is 3. The lowest BCUT2D eigenvalue weighted by Crippen LogP contribution is -2.42. The highest BCUT2D eigenvalue weighted by Crippen LogP contribution is 2.13. The van der Waals surface area contributed by atoms with Crippen LogP contribution in [0.2, 0.25) is 0 Å². The molecule has 7 nitrogen and oxygen atoms in total. The molecule has 1 aromatic heterocycles. The molecule has 0 bridgehead atoms. The lowest BCUT2D eigenvalue weighted by Gasteiger charge is -2.10. The molecule has 2 aromatic carbocycles. The van der Waals surface area contributed by atoms with Gasteiger partial charge in [0.05, 0.1) is 6.61 Å². The van der Waals surface area contributed by atoms with Gasteiger partial charge in [-0.05, 0) is 55.5 Å². The minimum atomic E-state index is -0.495. The van der Waals surface area contributed by atoms with Gasteiger partial charge in [-0.2, -0.15) is 0 Å². The van der Waals surface area contributed by atoms with Gasteiger partial charge in [0.2, 0.25) is 0 Å². The summed E-state index contributed by atoms with van der Waals surface area (Å²) in [5.41, 5.74) is 6.21. The maximum atomic E-state index is 12.5. The van der Waals surface area contributed by atoms with Crippen LogP contribution in [0.4, 0.5) is 0 Å². The summed E-state index contributed by atoms with van der Waals surface area (Å²) < 4.78 is 7.31. The second-order valence-electron chi connectivity index (χ2n) is 5.52. The third kappa shape index (κ3) is 4.24. The van der Waals surface area contributed by atoms with Gasteiger partial charge in [-0.1, -0.05) is 18.2 Å². The molecule has 3 aromatic rings. The number of hydrogen-bond acceptors (Lipinski definition) is 4. The number of carbonyl (C=O) groups excluding carboxylic acids is 2. The highest BCUT2D eigenvalue weighted by molar-refractivity contribution is 7.71. The molecule has 0 fully saturated rings. The second kappa shape index (κ2) is 8.33. The molecule has 0 unspecified atom stereocenters. The number of H-pyrrole nitrogens is 1. The van der Waals surface area contributed by atoms with Gasteiger partial charge >= 0.3 is 0 Å². The highest BCUT2D eigenvalue weighted by atomic mass is 32.1. The van der Waals surface area contributed by atoms with E-state index in [9.17, 15) is 9.59 Å². The third-order valence-electron chi connectivity index (χ3n) is 3.74. The molecule has 3 N–H and O–H groups in total. The van der Waals surface area contributed by atoms with Crippen molar-refractivity contribution in [3.05, 3.63) is 76.8 Å². The van der Waals surface area contributed by atoms with Crippen molar-refractivity contribution in [2.75, 3.05) is 6.61 Å². The average Bonchev–Trinajstić information content (AvgIpc) is 3.09. The van der Waals surface area contributed by atoms with Crippen LogP contribution in [0.25, 0.3) is 5.69 Å². The van der Waals surface area contributed by atoms with Gasteiger partial charge in [0.25, 0.3) is 11.8 Å². The summed E-state index contributed by atoms with van der Waals surface area (Å²) >= 11 is 5.25. The minimum absolute atomic E-state index is 0.276. The zero-order valence-corrected chi connectivity index (χ0v) is 15.4. The van der Waals surface area contributed by atoms with Gasteiger partial charge < -0.3 is 9.72 Å². The van der Waals surface area contributed by atoms with E-state index < -0.39 is 11.8 Å². The number of amides is 2. The summed E-state index contributed by atoms with van der Waals surface area (Å²) in [5.74, 6) is -0.260. The topological polar surface area (TPSA) is 88.2 Å². The van der Waals surface area contributed by atoms with Gasteiger partial charge in [0, 0.05) is 17.4 Å². The van der Waals surface area contributed by atoms with E-state index in [1.165, 1.54) is 6.20 Å². The summed E-state index contributed by atoms with van der Waals surface area (Å²) in [6, 6.07) is 15.9. The number of nitrogens with zero attached hydrogens (tertiary/aromatic N) is 1. The molecule has 3 rings (SSSR count). The van der Waals surface area contributed by atoms with Crippen LogP contribution >= 0.6 is 12.2 Å². The first-order chi connectivity index (χ1) is 13.1. The summed E-state index contributed by atoms with van der Waals surface area (Å²) in [7, 11) is 0. The van der Waals surface area contributed by atoms with Gasteiger partial charge in [0.1, 0.15) is 11.4 Å². The van der Waals surface area contributed by atoms with Crippen LogP contribution in [0.3, 0.4) is 0 Å². The Bertz CT molecular complexity index is 994. The predicted molar refractivity (Wildman–Crippen MR) is 103 cm³/mol. The fraction of sp³-hybridized carbons (Fsp3) is 0.105. The second-order valence-corrected chi connectivity index (χ2v) is 5.90. The molecular formula is C19H18N4O3S. The molecule has 0 aliphatic carbocycles. The van der Waals surface area contributed by atoms with E-state index in [-0.39, 0.29) is 5.69 Å². The first kappa shape index (κ1) is 18.4. The molecule has 138 valence electrons. The predicted octanol–water partition coefficient (Wildman–Crippen LogP) is 3.01. The lowest BCUT2D eigenvalue weighted by atomic mass is 10.2. The number of imidazole rings is 1. The van der Waals surface area contributed by atoms with Crippen molar-refractivity contribution in [3.63, 3.8) is 0 Å². The summed E-state index contributed by atoms with van der Waals surface area (Å²) in [5, 5.41) is 0. The summed E-state index contributed by atoms with van der Waals surface area (Å²) in [6.45, 7) is 2.43. The van der Waals surface area contributed by atoms with Gasteiger partial charge in [-0.3, -0.25) is 25.0 Å². The van der Waals surface area contributed by atoms with Crippen molar-refractivity contribution < 1.29 is 14.3 Å². The Morgan fingerprint density at radius 1 is 1.04 bits per heavy atom. The van der Waals surface area contributed by atoms with Crippen LogP contribution in [0, 0.1) is 4.77 Å². The van der Waals surface area contributed by atoms with E-state index in [1.54, 1.807) is 28.8 Å². The fourth-order valence-corrected chi connectivity index (χ4v) is 2.75. The molecule has 2 amide bonds. The minimum Gasteiger partial charge on any atom is -0.494 e. The Kier molecular flexibility index (Phi) is 5.68. The molecule has 27 heavy (non-hydrogen) atoms. The Morgan fingerprint density at radius 3 is 2.37 bits per heavy atom. The number of hydrazine groups is 1. The number of aromatic nitrogens is 2. The fourth-order valence-electron chi connectivity index (χ4n) is 2.49. The number of carbonyl (C=O) groups is 2. The zero-order chi connectivity index (χ0) is 19.2. The standard InChI is InChI=1S/C19H18N4O3S/c1-2-26-15-10-8-13(9-11-15)17(24)21-22-18(25)16-12-20-19(27)23(16)14-6-4-3-5-7-14/h3-12H,2H2,1H3,(H,20,27)(H,21,24)(H,22,25). The number of nitrogens with one attached hydrogen (secondary N) is 3. The number of para-hydroxylation sites is 1. The van der Waals surface area contributed by atoms with Gasteiger partial charge in [0.15, 0.2) is 4.77 Å². The zero-order valence-electron chi connectivity index (χ0n) is 14.6. The molecule has 1 heterocycles. The Labute approximate surface area is 161 Å². The first-order valence-electron chi connectivity index (χ1n) is 8.29. The third-order valence-corrected chi connectivity index (χ3v) is 4.04. The van der Waals surface area contributed by atoms with Crippen molar-refractivity contribution in [2.45, 2.75) is 6.92 Å². The van der Waals surface area contributed by atoms with Crippen LogP contribution in [0.1, 0.15) is 27.8 Å². The van der Waals surface area contributed by atoms with E-state index in [4.69, 9.17) is 17.0 Å². The average molecular weight is 382 g/mol. The Morgan fingerprint density at radius 2 is 1.70 bits per heavy atom. The normalized spacial score (nSPS) is 10.3. The van der Waals surface area contributed by atoms with Crippen LogP contribution in [0.15, 0.2) is 60.8 Å². The molecule has 0 saturated carbocycles. The van der Waals surface area contributed by atoms with E-state index in [0.717, 1.165) is 5.69 Å². The van der Waals surface area contributed by atoms with E-state index in [2.05, 4.69) is 15.8 Å². The molecule has 0 saturated heterocycles. The monoisotopic (exact) mass is 382 g/mol. The molecule has 0 radical (unpaired) electrons. The lowest BCUT2D eigenvalue weighted by molar-refractivity contribution is 0.0843.